The van der Waals surface area contributed by atoms with Gasteiger partial charge in [0.25, 0.3) is 11.6 Å². The summed E-state index contributed by atoms with van der Waals surface area (Å²) in [4.78, 5) is 48.2. The molecule has 3 rings (SSSR count). The summed E-state index contributed by atoms with van der Waals surface area (Å²) in [5.41, 5.74) is -0.584. The lowest BCUT2D eigenvalue weighted by Crippen LogP contribution is -2.41. The van der Waals surface area contributed by atoms with Gasteiger partial charge in [0.1, 0.15) is 17.9 Å². The Balaban J connectivity index is 1.71. The summed E-state index contributed by atoms with van der Waals surface area (Å²) in [6.07, 6.45) is 0. The van der Waals surface area contributed by atoms with Crippen molar-refractivity contribution in [2.75, 3.05) is 13.2 Å². The number of nitro benzene ring substituents is 1. The number of imide groups is 1. The first-order valence-corrected chi connectivity index (χ1v) is 8.86. The molecule has 0 bridgehead atoms. The Morgan fingerprint density at radius 3 is 2.45 bits per heavy atom. The van der Waals surface area contributed by atoms with E-state index in [9.17, 15) is 24.5 Å². The third-order valence-electron chi connectivity index (χ3n) is 4.77. The molecule has 29 heavy (non-hydrogen) atoms. The molecule has 0 spiro atoms. The molecule has 1 heterocycles. The molecular formula is C20H19N3O6. The van der Waals surface area contributed by atoms with Gasteiger partial charge in [-0.25, -0.2) is 4.79 Å². The quantitative estimate of drug-likeness (QED) is 0.332. The van der Waals surface area contributed by atoms with Crippen molar-refractivity contribution in [2.24, 2.45) is 0 Å². The normalized spacial score (nSPS) is 18.5. The molecule has 1 saturated heterocycles. The van der Waals surface area contributed by atoms with Gasteiger partial charge < -0.3 is 10.1 Å². The Kier molecular flexibility index (Phi) is 5.31. The number of ketones is 1. The molecule has 1 atom stereocenters. The van der Waals surface area contributed by atoms with Gasteiger partial charge in [-0.2, -0.15) is 0 Å². The number of hydrogen-bond donors (Lipinski definition) is 1. The molecule has 1 aliphatic heterocycles. The van der Waals surface area contributed by atoms with Gasteiger partial charge in [0.05, 0.1) is 17.0 Å². The number of urea groups is 1. The Labute approximate surface area is 166 Å². The molecule has 1 aliphatic rings. The van der Waals surface area contributed by atoms with Crippen LogP contribution in [-0.2, 0) is 10.3 Å². The van der Waals surface area contributed by atoms with Gasteiger partial charge in [-0.1, -0.05) is 12.1 Å². The van der Waals surface area contributed by atoms with Crippen molar-refractivity contribution in [1.82, 2.24) is 10.2 Å². The van der Waals surface area contributed by atoms with E-state index < -0.39 is 22.4 Å². The van der Waals surface area contributed by atoms with Crippen molar-refractivity contribution in [3.8, 4) is 5.75 Å². The van der Waals surface area contributed by atoms with Gasteiger partial charge >= 0.3 is 6.03 Å². The number of benzene rings is 2. The minimum atomic E-state index is -1.33. The standard InChI is InChI=1S/C20H19N3O6/c1-13(24)16-5-3-4-6-17(16)29-12-11-22-18(25)20(2,21-19(22)26)14-7-9-15(10-8-14)23(27)28/h3-10H,11-12H2,1-2H3,(H,21,26)/t20-/m0/s1. The zero-order valence-electron chi connectivity index (χ0n) is 15.9. The van der Waals surface area contributed by atoms with Crippen molar-refractivity contribution in [2.45, 2.75) is 19.4 Å². The molecule has 0 saturated carbocycles. The van der Waals surface area contributed by atoms with Crippen LogP contribution in [0, 0.1) is 10.1 Å². The van der Waals surface area contributed by atoms with E-state index in [2.05, 4.69) is 5.32 Å². The first kappa shape index (κ1) is 20.0. The molecule has 0 radical (unpaired) electrons. The number of non-ortho nitro benzene ring substituents is 1. The predicted octanol–water partition coefficient (Wildman–Crippen LogP) is 2.64. The molecular weight excluding hydrogens is 378 g/mol. The minimum Gasteiger partial charge on any atom is -0.491 e. The largest absolute Gasteiger partial charge is 0.491 e. The number of Topliss-reactive ketones (excluding diaryl/α,β-unsaturated/α-hetero) is 1. The van der Waals surface area contributed by atoms with Crippen molar-refractivity contribution in [1.29, 1.82) is 0 Å². The van der Waals surface area contributed by atoms with Crippen LogP contribution in [0.2, 0.25) is 0 Å². The summed E-state index contributed by atoms with van der Waals surface area (Å²) < 4.78 is 5.60. The van der Waals surface area contributed by atoms with Crippen LogP contribution in [0.4, 0.5) is 10.5 Å². The fraction of sp³-hybridized carbons (Fsp3) is 0.250. The number of hydrogen-bond acceptors (Lipinski definition) is 6. The van der Waals surface area contributed by atoms with Crippen molar-refractivity contribution < 1.29 is 24.0 Å². The van der Waals surface area contributed by atoms with Crippen LogP contribution in [0.1, 0.15) is 29.8 Å². The predicted molar refractivity (Wildman–Crippen MR) is 103 cm³/mol. The summed E-state index contributed by atoms with van der Waals surface area (Å²) in [5.74, 6) is -0.258. The topological polar surface area (TPSA) is 119 Å². The van der Waals surface area contributed by atoms with Crippen LogP contribution in [0.25, 0.3) is 0 Å². The van der Waals surface area contributed by atoms with E-state index >= 15 is 0 Å². The second-order valence-electron chi connectivity index (χ2n) is 6.72. The second kappa shape index (κ2) is 7.70. The second-order valence-corrected chi connectivity index (χ2v) is 6.72. The van der Waals surface area contributed by atoms with Crippen LogP contribution in [-0.4, -0.2) is 40.7 Å². The highest BCUT2D eigenvalue weighted by Gasteiger charge is 2.48. The zero-order chi connectivity index (χ0) is 21.2. The van der Waals surface area contributed by atoms with Crippen molar-refractivity contribution in [3.63, 3.8) is 0 Å². The fourth-order valence-electron chi connectivity index (χ4n) is 3.14. The zero-order valence-corrected chi connectivity index (χ0v) is 15.9. The average molecular weight is 397 g/mol. The van der Waals surface area contributed by atoms with Crippen LogP contribution >= 0.6 is 0 Å². The molecule has 9 heteroatoms. The highest BCUT2D eigenvalue weighted by molar-refractivity contribution is 6.07. The number of amides is 3. The number of carbonyl (C=O) groups excluding carboxylic acids is 3. The Bertz CT molecular complexity index is 988. The first-order chi connectivity index (χ1) is 13.7. The highest BCUT2D eigenvalue weighted by atomic mass is 16.6. The van der Waals surface area contributed by atoms with Gasteiger partial charge in [0.15, 0.2) is 5.78 Å². The van der Waals surface area contributed by atoms with Crippen molar-refractivity contribution in [3.05, 3.63) is 69.8 Å². The molecule has 2 aromatic rings. The SMILES string of the molecule is CC(=O)c1ccccc1OCCN1C(=O)N[C@@](C)(c2ccc([N+](=O)[O-])cc2)C1=O. The van der Waals surface area contributed by atoms with Crippen LogP contribution < -0.4 is 10.1 Å². The van der Waals surface area contributed by atoms with E-state index in [0.717, 1.165) is 4.90 Å². The number of para-hydroxylation sites is 1. The van der Waals surface area contributed by atoms with E-state index in [-0.39, 0.29) is 24.6 Å². The molecule has 1 N–H and O–H groups in total. The van der Waals surface area contributed by atoms with Gasteiger partial charge in [0.2, 0.25) is 0 Å². The number of ether oxygens (including phenoxy) is 1. The number of carbonyl (C=O) groups is 3. The lowest BCUT2D eigenvalue weighted by atomic mass is 9.92. The molecule has 2 aromatic carbocycles. The van der Waals surface area contributed by atoms with Gasteiger partial charge in [-0.3, -0.25) is 24.6 Å². The minimum absolute atomic E-state index is 0.0137. The summed E-state index contributed by atoms with van der Waals surface area (Å²) in [6.45, 7) is 2.97. The van der Waals surface area contributed by atoms with Gasteiger partial charge in [0, 0.05) is 12.1 Å². The molecule has 9 nitrogen and oxygen atoms in total. The monoisotopic (exact) mass is 397 g/mol. The van der Waals surface area contributed by atoms with Gasteiger partial charge in [-0.15, -0.1) is 0 Å². The van der Waals surface area contributed by atoms with E-state index in [1.54, 1.807) is 31.2 Å². The van der Waals surface area contributed by atoms with Gasteiger partial charge in [-0.05, 0) is 43.7 Å². The van der Waals surface area contributed by atoms with Crippen molar-refractivity contribution >= 4 is 23.4 Å². The lowest BCUT2D eigenvalue weighted by Gasteiger charge is -2.22. The summed E-state index contributed by atoms with van der Waals surface area (Å²) >= 11 is 0. The lowest BCUT2D eigenvalue weighted by molar-refractivity contribution is -0.384. The van der Waals surface area contributed by atoms with E-state index in [1.807, 2.05) is 0 Å². The number of nitro groups is 1. The van der Waals surface area contributed by atoms with Crippen LogP contribution in [0.15, 0.2) is 48.5 Å². The smallest absolute Gasteiger partial charge is 0.325 e. The maximum Gasteiger partial charge on any atom is 0.325 e. The number of nitrogens with one attached hydrogen (secondary N) is 1. The highest BCUT2D eigenvalue weighted by Crippen LogP contribution is 2.30. The molecule has 150 valence electrons. The molecule has 0 aromatic heterocycles. The molecule has 0 aliphatic carbocycles. The van der Waals surface area contributed by atoms with E-state index in [4.69, 9.17) is 4.74 Å². The number of nitrogens with zero attached hydrogens (tertiary/aromatic N) is 2. The van der Waals surface area contributed by atoms with Crippen LogP contribution in [0.5, 0.6) is 5.75 Å². The summed E-state index contributed by atoms with van der Waals surface area (Å²) in [5, 5.41) is 13.4. The third-order valence-corrected chi connectivity index (χ3v) is 4.77. The third kappa shape index (κ3) is 3.79. The first-order valence-electron chi connectivity index (χ1n) is 8.86. The molecule has 0 unspecified atom stereocenters. The number of rotatable bonds is 7. The fourth-order valence-corrected chi connectivity index (χ4v) is 3.14. The average Bonchev–Trinajstić information content (AvgIpc) is 2.92. The maximum atomic E-state index is 12.9. The maximum absolute atomic E-state index is 12.9. The Morgan fingerprint density at radius 2 is 1.83 bits per heavy atom. The molecule has 3 amide bonds. The summed E-state index contributed by atoms with van der Waals surface area (Å²) in [7, 11) is 0. The Hall–Kier alpha value is -3.75. The van der Waals surface area contributed by atoms with E-state index in [1.165, 1.54) is 31.2 Å². The Morgan fingerprint density at radius 1 is 1.17 bits per heavy atom. The van der Waals surface area contributed by atoms with E-state index in [0.29, 0.717) is 16.9 Å². The van der Waals surface area contributed by atoms with Crippen LogP contribution in [0.3, 0.4) is 0 Å². The summed E-state index contributed by atoms with van der Waals surface area (Å²) in [6, 6.07) is 11.6. The molecule has 1 fully saturated rings.